The van der Waals surface area contributed by atoms with Gasteiger partial charge in [-0.2, -0.15) is 26.3 Å². The van der Waals surface area contributed by atoms with Crippen molar-refractivity contribution in [2.75, 3.05) is 11.5 Å². The quantitative estimate of drug-likeness (QED) is 0.595. The maximum atomic E-state index is 12.7. The first-order chi connectivity index (χ1) is 13.0. The van der Waals surface area contributed by atoms with Gasteiger partial charge < -0.3 is 11.5 Å². The molecule has 0 atom stereocenters. The fraction of sp³-hybridized carbons (Fsp3) is 0.111. The average Bonchev–Trinajstić information content (AvgIpc) is 2.62. The monoisotopic (exact) mass is 398 g/mol. The minimum Gasteiger partial charge on any atom is -0.395 e. The lowest BCUT2D eigenvalue weighted by molar-refractivity contribution is -0.138. The van der Waals surface area contributed by atoms with E-state index in [0.717, 1.165) is 24.3 Å². The van der Waals surface area contributed by atoms with E-state index in [9.17, 15) is 26.3 Å². The number of nitrogen functional groups attached to an aromatic ring is 2. The molecule has 0 spiro atoms. The maximum Gasteiger partial charge on any atom is 0.416 e. The van der Waals surface area contributed by atoms with Crippen LogP contribution < -0.4 is 11.5 Å². The van der Waals surface area contributed by atoms with Crippen molar-refractivity contribution in [2.45, 2.75) is 12.4 Å². The van der Waals surface area contributed by atoms with Crippen molar-refractivity contribution >= 4 is 11.6 Å². The minimum atomic E-state index is -4.50. The maximum absolute atomic E-state index is 12.7. The second-order valence-corrected chi connectivity index (χ2v) is 5.84. The van der Waals surface area contributed by atoms with Crippen molar-refractivity contribution < 1.29 is 26.3 Å². The normalized spacial score (nSPS) is 12.2. The summed E-state index contributed by atoms with van der Waals surface area (Å²) in [7, 11) is 0. The number of alkyl halides is 6. The Labute approximate surface area is 154 Å². The Morgan fingerprint density at radius 2 is 0.893 bits per heavy atom. The summed E-state index contributed by atoms with van der Waals surface area (Å²) in [4.78, 5) is 7.92. The highest BCUT2D eigenvalue weighted by atomic mass is 19.4. The van der Waals surface area contributed by atoms with Crippen LogP contribution in [0.15, 0.2) is 48.5 Å². The molecule has 0 aliphatic rings. The van der Waals surface area contributed by atoms with Gasteiger partial charge in [0.1, 0.15) is 0 Å². The van der Waals surface area contributed by atoms with Gasteiger partial charge in [0, 0.05) is 11.1 Å². The van der Waals surface area contributed by atoms with Crippen LogP contribution in [0.2, 0.25) is 0 Å². The number of rotatable bonds is 2. The fourth-order valence-electron chi connectivity index (χ4n) is 2.56. The number of hydrogen-bond donors (Lipinski definition) is 2. The second kappa shape index (κ2) is 6.70. The van der Waals surface area contributed by atoms with Gasteiger partial charge in [-0.15, -0.1) is 0 Å². The fourth-order valence-corrected chi connectivity index (χ4v) is 2.56. The van der Waals surface area contributed by atoms with Crippen LogP contribution in [0.5, 0.6) is 0 Å². The predicted molar refractivity (Wildman–Crippen MR) is 91.7 cm³/mol. The van der Waals surface area contributed by atoms with E-state index in [1.54, 1.807) is 0 Å². The predicted octanol–water partition coefficient (Wildman–Crippen LogP) is 5.01. The number of aromatic nitrogens is 2. The molecule has 0 saturated heterocycles. The molecule has 146 valence electrons. The van der Waals surface area contributed by atoms with E-state index in [1.807, 2.05) is 0 Å². The summed E-state index contributed by atoms with van der Waals surface area (Å²) >= 11 is 0. The van der Waals surface area contributed by atoms with E-state index in [1.165, 1.54) is 24.3 Å². The third kappa shape index (κ3) is 3.85. The Kier molecular flexibility index (Phi) is 4.66. The molecular weight excluding hydrogens is 386 g/mol. The van der Waals surface area contributed by atoms with Gasteiger partial charge in [-0.25, -0.2) is 9.97 Å². The van der Waals surface area contributed by atoms with Crippen LogP contribution in [0.25, 0.3) is 22.5 Å². The molecule has 1 heterocycles. The van der Waals surface area contributed by atoms with E-state index < -0.39 is 23.5 Å². The van der Waals surface area contributed by atoms with Crippen LogP contribution in [0.3, 0.4) is 0 Å². The Morgan fingerprint density at radius 1 is 0.571 bits per heavy atom. The molecule has 0 aliphatic carbocycles. The van der Waals surface area contributed by atoms with E-state index in [0.29, 0.717) is 0 Å². The van der Waals surface area contributed by atoms with Crippen molar-refractivity contribution in [2.24, 2.45) is 0 Å². The molecule has 1 aromatic heterocycles. The Hall–Kier alpha value is -3.30. The summed E-state index contributed by atoms with van der Waals surface area (Å²) in [5.74, 6) is -0.223. The van der Waals surface area contributed by atoms with Gasteiger partial charge in [0.2, 0.25) is 5.95 Å². The SMILES string of the molecule is Nc1nc(-c2ccc(C(F)(F)F)cc2)c(N)c(-c2ccc(C(F)(F)F)cc2)n1. The lowest BCUT2D eigenvalue weighted by atomic mass is 10.0. The van der Waals surface area contributed by atoms with Gasteiger partial charge >= 0.3 is 12.4 Å². The summed E-state index contributed by atoms with van der Waals surface area (Å²) < 4.78 is 76.3. The highest BCUT2D eigenvalue weighted by Gasteiger charge is 2.31. The molecule has 0 amide bonds. The largest absolute Gasteiger partial charge is 0.416 e. The number of benzene rings is 2. The van der Waals surface area contributed by atoms with Gasteiger partial charge in [-0.05, 0) is 24.3 Å². The summed E-state index contributed by atoms with van der Waals surface area (Å²) in [6.07, 6.45) is -9.00. The lowest BCUT2D eigenvalue weighted by Crippen LogP contribution is -2.07. The Morgan fingerprint density at radius 3 is 1.18 bits per heavy atom. The smallest absolute Gasteiger partial charge is 0.395 e. The number of nitrogens with two attached hydrogens (primary N) is 2. The summed E-state index contributed by atoms with van der Waals surface area (Å²) in [6, 6.07) is 8.18. The number of halogens is 6. The number of nitrogens with zero attached hydrogens (tertiary/aromatic N) is 2. The van der Waals surface area contributed by atoms with Crippen molar-refractivity contribution in [3.05, 3.63) is 59.7 Å². The van der Waals surface area contributed by atoms with Gasteiger partial charge in [0.25, 0.3) is 0 Å². The van der Waals surface area contributed by atoms with Crippen LogP contribution in [0, 0.1) is 0 Å². The van der Waals surface area contributed by atoms with Gasteiger partial charge in [0.05, 0.1) is 28.2 Å². The summed E-state index contributed by atoms with van der Waals surface area (Å²) in [5, 5.41) is 0. The standard InChI is InChI=1S/C18H12F6N4/c19-17(20,21)11-5-1-9(2-6-11)14-13(25)15(28-16(26)27-14)10-3-7-12(8-4-10)18(22,23)24/h1-8H,25H2,(H2,26,27,28). The molecule has 0 aliphatic heterocycles. The molecule has 0 radical (unpaired) electrons. The molecule has 0 saturated carbocycles. The molecule has 28 heavy (non-hydrogen) atoms. The molecule has 4 N–H and O–H groups in total. The molecular formula is C18H12F6N4. The molecule has 0 fully saturated rings. The average molecular weight is 398 g/mol. The third-order valence-corrected chi connectivity index (χ3v) is 3.93. The zero-order valence-electron chi connectivity index (χ0n) is 13.9. The van der Waals surface area contributed by atoms with Crippen molar-refractivity contribution in [3.63, 3.8) is 0 Å². The lowest BCUT2D eigenvalue weighted by Gasteiger charge is -2.13. The van der Waals surface area contributed by atoms with Crippen molar-refractivity contribution in [1.29, 1.82) is 0 Å². The topological polar surface area (TPSA) is 77.8 Å². The molecule has 3 rings (SSSR count). The van der Waals surface area contributed by atoms with Crippen LogP contribution >= 0.6 is 0 Å². The van der Waals surface area contributed by atoms with Gasteiger partial charge in [-0.3, -0.25) is 0 Å². The van der Waals surface area contributed by atoms with Crippen LogP contribution in [0.4, 0.5) is 38.0 Å². The van der Waals surface area contributed by atoms with Crippen molar-refractivity contribution in [1.82, 2.24) is 9.97 Å². The molecule has 3 aromatic rings. The number of anilines is 2. The van der Waals surface area contributed by atoms with E-state index in [2.05, 4.69) is 9.97 Å². The summed E-state index contributed by atoms with van der Waals surface area (Å²) in [5.41, 5.74) is 10.7. The zero-order valence-corrected chi connectivity index (χ0v) is 13.9. The minimum absolute atomic E-state index is 0.0197. The molecule has 0 unspecified atom stereocenters. The third-order valence-electron chi connectivity index (χ3n) is 3.93. The first-order valence-electron chi connectivity index (χ1n) is 7.75. The molecule has 10 heteroatoms. The Bertz CT molecular complexity index is 914. The highest BCUT2D eigenvalue weighted by Crippen LogP contribution is 2.36. The van der Waals surface area contributed by atoms with Crippen LogP contribution in [-0.2, 0) is 12.4 Å². The molecule has 4 nitrogen and oxygen atoms in total. The first-order valence-corrected chi connectivity index (χ1v) is 7.75. The highest BCUT2D eigenvalue weighted by molar-refractivity contribution is 5.85. The van der Waals surface area contributed by atoms with E-state index in [-0.39, 0.29) is 34.2 Å². The van der Waals surface area contributed by atoms with Gasteiger partial charge in [0.15, 0.2) is 0 Å². The summed E-state index contributed by atoms with van der Waals surface area (Å²) in [6.45, 7) is 0. The van der Waals surface area contributed by atoms with Crippen LogP contribution in [-0.4, -0.2) is 9.97 Å². The van der Waals surface area contributed by atoms with E-state index in [4.69, 9.17) is 11.5 Å². The van der Waals surface area contributed by atoms with Crippen molar-refractivity contribution in [3.8, 4) is 22.5 Å². The number of hydrogen-bond acceptors (Lipinski definition) is 4. The van der Waals surface area contributed by atoms with Gasteiger partial charge in [-0.1, -0.05) is 24.3 Å². The van der Waals surface area contributed by atoms with E-state index >= 15 is 0 Å². The zero-order chi connectivity index (χ0) is 20.7. The first kappa shape index (κ1) is 19.5. The van der Waals surface area contributed by atoms with Crippen LogP contribution in [0.1, 0.15) is 11.1 Å². The molecule has 0 bridgehead atoms. The molecule has 2 aromatic carbocycles. The second-order valence-electron chi connectivity index (χ2n) is 5.84. The Balaban J connectivity index is 2.05.